The van der Waals surface area contributed by atoms with Crippen LogP contribution in [0.5, 0.6) is 23.0 Å². The fourth-order valence-electron chi connectivity index (χ4n) is 17.6. The Morgan fingerprint density at radius 3 is 1.24 bits per heavy atom. The highest BCUT2D eigenvalue weighted by atomic mass is 16.5. The van der Waals surface area contributed by atoms with E-state index in [4.69, 9.17) is 9.47 Å². The van der Waals surface area contributed by atoms with Crippen molar-refractivity contribution in [3.63, 3.8) is 0 Å². The summed E-state index contributed by atoms with van der Waals surface area (Å²) in [5.41, 5.74) is 34.0. The molecule has 0 atom stereocenters. The Morgan fingerprint density at radius 1 is 0.247 bits per heavy atom. The van der Waals surface area contributed by atoms with Gasteiger partial charge in [0, 0.05) is 45.1 Å². The van der Waals surface area contributed by atoms with Crippen LogP contribution in [0, 0.1) is 0 Å². The lowest BCUT2D eigenvalue weighted by atomic mass is 9.30. The highest BCUT2D eigenvalue weighted by Gasteiger charge is 2.55. The second-order valence-electron chi connectivity index (χ2n) is 26.4. The smallest absolute Gasteiger partial charge is 0.256 e. The molecule has 4 heterocycles. The molecule has 15 aromatic rings. The summed E-state index contributed by atoms with van der Waals surface area (Å²) in [5.74, 6) is 3.45. The fraction of sp³-hybridized carbons (Fsp3) is 0.0110. The molecule has 4 aliphatic heterocycles. The Hall–Kier alpha value is -12.4. The first kappa shape index (κ1) is 54.1. The van der Waals surface area contributed by atoms with E-state index in [0.717, 1.165) is 140 Å². The summed E-state index contributed by atoms with van der Waals surface area (Å²) in [6, 6.07) is 126. The SMILES string of the molecule is c1ccc(-c2ccc3c(c2)Oc2cc(-c4ccccc4)cc4c2B3c2cc3c(cc2N4c2c(-c4ccccc4)cccc2-c2ccccc2)N(c2ccccc2)c2cc(-c4ccccc4)cc4c2B3c2ccc3c(c2O4)-c2ccccc2C32c3ccccc3-c3ccccc32)cc1. The molecule has 0 fully saturated rings. The Morgan fingerprint density at radius 2 is 0.670 bits per heavy atom. The molecule has 0 radical (unpaired) electrons. The lowest BCUT2D eigenvalue weighted by Crippen LogP contribution is -2.64. The van der Waals surface area contributed by atoms with Crippen LogP contribution in [0.1, 0.15) is 22.3 Å². The van der Waals surface area contributed by atoms with Gasteiger partial charge in [-0.3, -0.25) is 0 Å². The minimum Gasteiger partial charge on any atom is -0.458 e. The molecule has 6 heteroatoms. The van der Waals surface area contributed by atoms with Gasteiger partial charge >= 0.3 is 0 Å². The quantitative estimate of drug-likeness (QED) is 0.149. The summed E-state index contributed by atoms with van der Waals surface area (Å²) in [4.78, 5) is 5.16. The van der Waals surface area contributed by atoms with E-state index in [1.165, 1.54) is 49.9 Å². The first-order valence-electron chi connectivity index (χ1n) is 33.7. The first-order valence-corrected chi connectivity index (χ1v) is 33.7. The topological polar surface area (TPSA) is 24.9 Å². The molecule has 0 saturated carbocycles. The summed E-state index contributed by atoms with van der Waals surface area (Å²) < 4.78 is 15.5. The van der Waals surface area contributed by atoms with E-state index in [-0.39, 0.29) is 13.4 Å². The summed E-state index contributed by atoms with van der Waals surface area (Å²) in [6.45, 7) is -0.536. The third kappa shape index (κ3) is 7.72. The third-order valence-corrected chi connectivity index (χ3v) is 21.6. The summed E-state index contributed by atoms with van der Waals surface area (Å²) >= 11 is 0. The van der Waals surface area contributed by atoms with E-state index in [2.05, 4.69) is 350 Å². The molecule has 0 saturated heterocycles. The van der Waals surface area contributed by atoms with Crippen LogP contribution in [0.2, 0.25) is 0 Å². The van der Waals surface area contributed by atoms with Crippen molar-refractivity contribution < 1.29 is 9.47 Å². The number of rotatable bonds is 7. The number of benzene rings is 15. The first-order chi connectivity index (χ1) is 48.1. The zero-order chi connectivity index (χ0) is 63.5. The van der Waals surface area contributed by atoms with Crippen LogP contribution in [0.4, 0.5) is 34.1 Å². The van der Waals surface area contributed by atoms with Gasteiger partial charge in [-0.15, -0.1) is 0 Å². The third-order valence-electron chi connectivity index (χ3n) is 21.6. The highest BCUT2D eigenvalue weighted by molar-refractivity contribution is 7.02. The van der Waals surface area contributed by atoms with Crippen molar-refractivity contribution in [1.29, 1.82) is 0 Å². The van der Waals surface area contributed by atoms with Crippen molar-refractivity contribution in [3.8, 4) is 101 Å². The highest BCUT2D eigenvalue weighted by Crippen LogP contribution is 2.65. The lowest BCUT2D eigenvalue weighted by Gasteiger charge is -2.45. The monoisotopic (exact) mass is 1230 g/mol. The average molecular weight is 1230 g/mol. The maximum absolute atomic E-state index is 7.97. The van der Waals surface area contributed by atoms with Crippen molar-refractivity contribution in [3.05, 3.63) is 362 Å². The minimum absolute atomic E-state index is 0.260. The van der Waals surface area contributed by atoms with Crippen LogP contribution >= 0.6 is 0 Å². The largest absolute Gasteiger partial charge is 0.458 e. The average Bonchev–Trinajstić information content (AvgIpc) is 1.58. The number of hydrogen-bond donors (Lipinski definition) is 0. The Kier molecular flexibility index (Phi) is 11.6. The maximum atomic E-state index is 7.97. The molecule has 4 nitrogen and oxygen atoms in total. The Bertz CT molecular complexity index is 5680. The van der Waals surface area contributed by atoms with Crippen molar-refractivity contribution >= 4 is 80.3 Å². The van der Waals surface area contributed by atoms with E-state index in [0.29, 0.717) is 0 Å². The summed E-state index contributed by atoms with van der Waals surface area (Å²) in [7, 11) is 0. The van der Waals surface area contributed by atoms with Gasteiger partial charge in [0.25, 0.3) is 13.4 Å². The van der Waals surface area contributed by atoms with Gasteiger partial charge in [-0.25, -0.2) is 0 Å². The number of fused-ring (bicyclic) bond motifs is 19. The van der Waals surface area contributed by atoms with Gasteiger partial charge in [0.2, 0.25) is 0 Å². The summed E-state index contributed by atoms with van der Waals surface area (Å²) in [6.07, 6.45) is 0. The number of para-hydroxylation sites is 2. The molecule has 21 rings (SSSR count). The second kappa shape index (κ2) is 20.8. The van der Waals surface area contributed by atoms with Gasteiger partial charge in [-0.05, 0) is 165 Å². The molecule has 0 N–H and O–H groups in total. The molecule has 0 amide bonds. The zero-order valence-corrected chi connectivity index (χ0v) is 52.7. The molecule has 15 aromatic carbocycles. The number of anilines is 6. The lowest BCUT2D eigenvalue weighted by molar-refractivity contribution is 0.488. The Labute approximate surface area is 564 Å². The number of nitrogens with zero attached hydrogens (tertiary/aromatic N) is 2. The van der Waals surface area contributed by atoms with Gasteiger partial charge in [0.05, 0.1) is 11.1 Å². The normalized spacial score (nSPS) is 13.7. The van der Waals surface area contributed by atoms with Crippen LogP contribution in [-0.2, 0) is 5.41 Å². The van der Waals surface area contributed by atoms with Gasteiger partial charge in [0.1, 0.15) is 23.0 Å². The molecule has 97 heavy (non-hydrogen) atoms. The van der Waals surface area contributed by atoms with Gasteiger partial charge in [-0.2, -0.15) is 0 Å². The predicted octanol–water partition coefficient (Wildman–Crippen LogP) is 19.2. The van der Waals surface area contributed by atoms with Crippen molar-refractivity contribution in [1.82, 2.24) is 0 Å². The molecule has 2 aliphatic carbocycles. The molecular weight excluding hydrogens is 1170 g/mol. The van der Waals surface area contributed by atoms with Crippen LogP contribution in [0.25, 0.3) is 77.9 Å². The number of hydrogen-bond acceptors (Lipinski definition) is 4. The van der Waals surface area contributed by atoms with Gasteiger partial charge in [0.15, 0.2) is 0 Å². The van der Waals surface area contributed by atoms with E-state index in [1.54, 1.807) is 0 Å². The van der Waals surface area contributed by atoms with E-state index >= 15 is 0 Å². The zero-order valence-electron chi connectivity index (χ0n) is 52.7. The van der Waals surface area contributed by atoms with Crippen molar-refractivity contribution in [2.45, 2.75) is 5.41 Å². The fourth-order valence-corrected chi connectivity index (χ4v) is 17.6. The molecule has 0 aromatic heterocycles. The standard InChI is InChI=1S/C91H56B2N2O2/c1-7-26-57(27-8-1)62-46-48-75-83(52-62)96-84-53-64(59-30-11-3-12-31-59)51-82-88(84)92(75)78-55-77-79(56-80(78)95(82)89-66(60-32-13-4-14-33-60)41-25-42-67(89)61-34-15-5-16-35-61)94(65-36-17-6-18-37-65)81-50-63(58-28-9-2-10-29-58)54-85-87(81)93(77)76-49-47-74-86(90(76)97-85)70-40-21-24-45-73(70)91(74)71-43-22-19-38-68(71)69-39-20-23-44-72(69)91/h1-56H. The molecule has 0 bridgehead atoms. The van der Waals surface area contributed by atoms with E-state index in [9.17, 15) is 0 Å². The second-order valence-corrected chi connectivity index (χ2v) is 26.4. The molecule has 1 spiro atoms. The minimum atomic E-state index is -0.567. The molecule has 6 aliphatic rings. The van der Waals surface area contributed by atoms with Gasteiger partial charge in [-0.1, -0.05) is 291 Å². The van der Waals surface area contributed by atoms with Crippen molar-refractivity contribution in [2.75, 3.05) is 9.80 Å². The van der Waals surface area contributed by atoms with Crippen LogP contribution in [0.3, 0.4) is 0 Å². The van der Waals surface area contributed by atoms with Crippen LogP contribution in [0.15, 0.2) is 340 Å². The van der Waals surface area contributed by atoms with Crippen LogP contribution in [-0.4, -0.2) is 13.4 Å². The predicted molar refractivity (Wildman–Crippen MR) is 402 cm³/mol. The number of ether oxygens (including phenoxy) is 2. The van der Waals surface area contributed by atoms with E-state index < -0.39 is 5.41 Å². The molecular formula is C91H56B2N2O2. The van der Waals surface area contributed by atoms with Crippen LogP contribution < -0.4 is 52.1 Å². The van der Waals surface area contributed by atoms with Crippen molar-refractivity contribution in [2.24, 2.45) is 0 Å². The molecule has 0 unspecified atom stereocenters. The van der Waals surface area contributed by atoms with Gasteiger partial charge < -0.3 is 19.3 Å². The maximum Gasteiger partial charge on any atom is 0.256 e. The Balaban J connectivity index is 0.903. The van der Waals surface area contributed by atoms with E-state index in [1.807, 2.05) is 0 Å². The summed E-state index contributed by atoms with van der Waals surface area (Å²) in [5, 5.41) is 0. The molecule has 448 valence electrons.